The summed E-state index contributed by atoms with van der Waals surface area (Å²) in [6.45, 7) is 4.99. The van der Waals surface area contributed by atoms with Gasteiger partial charge in [0.25, 0.3) is 0 Å². The van der Waals surface area contributed by atoms with E-state index < -0.39 is 0 Å². The van der Waals surface area contributed by atoms with E-state index in [0.29, 0.717) is 6.04 Å². The van der Waals surface area contributed by atoms with Crippen molar-refractivity contribution in [3.05, 3.63) is 47.6 Å². The molecule has 0 aromatic carbocycles. The minimum absolute atomic E-state index is 0.456. The lowest BCUT2D eigenvalue weighted by Gasteiger charge is -2.34. The first kappa shape index (κ1) is 17.2. The Morgan fingerprint density at radius 1 is 1.35 bits per heavy atom. The minimum Gasteiger partial charge on any atom is -0.462 e. The molecule has 1 aliphatic heterocycles. The van der Waals surface area contributed by atoms with Crippen molar-refractivity contribution in [2.24, 2.45) is 0 Å². The number of aromatic nitrogens is 3. The summed E-state index contributed by atoms with van der Waals surface area (Å²) in [5, 5.41) is 4.61. The van der Waals surface area contributed by atoms with Crippen molar-refractivity contribution in [2.45, 2.75) is 38.8 Å². The number of furan rings is 1. The van der Waals surface area contributed by atoms with Crippen molar-refractivity contribution in [2.75, 3.05) is 18.0 Å². The molecule has 26 heavy (non-hydrogen) atoms. The molecule has 0 amide bonds. The molecule has 0 spiro atoms. The zero-order valence-electron chi connectivity index (χ0n) is 14.9. The Bertz CT molecular complexity index is 832. The van der Waals surface area contributed by atoms with Crippen molar-refractivity contribution in [1.82, 2.24) is 20.3 Å². The van der Waals surface area contributed by atoms with Gasteiger partial charge < -0.3 is 14.6 Å². The third-order valence-electron chi connectivity index (χ3n) is 4.67. The van der Waals surface area contributed by atoms with Crippen LogP contribution in [0, 0.1) is 0 Å². The number of rotatable bonds is 6. The predicted octanol–water partition coefficient (Wildman–Crippen LogP) is 3.51. The minimum atomic E-state index is 0.456. The molecule has 1 atom stereocenters. The molecule has 136 valence electrons. The highest BCUT2D eigenvalue weighted by Crippen LogP contribution is 2.25. The number of hydrogen-bond acceptors (Lipinski definition) is 7. The van der Waals surface area contributed by atoms with Crippen LogP contribution < -0.4 is 10.2 Å². The molecule has 0 saturated carbocycles. The SMILES string of the molecule is CCc1cc(N2CCCC(NCc3cnc(-c4ccco4)s3)C2)ncn1. The molecule has 1 unspecified atom stereocenters. The summed E-state index contributed by atoms with van der Waals surface area (Å²) >= 11 is 1.68. The van der Waals surface area contributed by atoms with Crippen molar-refractivity contribution in [3.63, 3.8) is 0 Å². The molecule has 0 bridgehead atoms. The Kier molecular flexibility index (Phi) is 5.26. The van der Waals surface area contributed by atoms with Crippen LogP contribution >= 0.6 is 11.3 Å². The van der Waals surface area contributed by atoms with Gasteiger partial charge in [0, 0.05) is 48.5 Å². The number of aryl methyl sites for hydroxylation is 1. The van der Waals surface area contributed by atoms with Crippen LogP contribution in [-0.4, -0.2) is 34.1 Å². The lowest BCUT2D eigenvalue weighted by atomic mass is 10.1. The second-order valence-corrected chi connectivity index (χ2v) is 7.61. The van der Waals surface area contributed by atoms with Crippen molar-refractivity contribution in [1.29, 1.82) is 0 Å². The van der Waals surface area contributed by atoms with Crippen LogP contribution in [0.3, 0.4) is 0 Å². The summed E-state index contributed by atoms with van der Waals surface area (Å²) in [5.74, 6) is 1.88. The quantitative estimate of drug-likeness (QED) is 0.717. The first-order valence-electron chi connectivity index (χ1n) is 9.09. The van der Waals surface area contributed by atoms with E-state index in [2.05, 4.69) is 38.2 Å². The first-order valence-corrected chi connectivity index (χ1v) is 9.91. The lowest BCUT2D eigenvalue weighted by molar-refractivity contribution is 0.421. The van der Waals surface area contributed by atoms with E-state index in [9.17, 15) is 0 Å². The van der Waals surface area contributed by atoms with Gasteiger partial charge in [0.05, 0.1) is 6.26 Å². The van der Waals surface area contributed by atoms with Crippen molar-refractivity contribution in [3.8, 4) is 10.8 Å². The normalized spacial score (nSPS) is 17.6. The molecular formula is C19H23N5OS. The number of thiazole rings is 1. The molecule has 1 fully saturated rings. The van der Waals surface area contributed by atoms with Gasteiger partial charge in [-0.1, -0.05) is 6.92 Å². The molecule has 3 aromatic rings. The molecule has 4 heterocycles. The summed E-state index contributed by atoms with van der Waals surface area (Å²) in [4.78, 5) is 16.8. The largest absolute Gasteiger partial charge is 0.462 e. The Balaban J connectivity index is 1.35. The van der Waals surface area contributed by atoms with Gasteiger partial charge in [0.2, 0.25) is 0 Å². The van der Waals surface area contributed by atoms with Gasteiger partial charge in [-0.15, -0.1) is 11.3 Å². The van der Waals surface area contributed by atoms with E-state index in [0.717, 1.165) is 48.3 Å². The standard InChI is InChI=1S/C19H23N5OS/c1-2-14-9-18(23-13-22-14)24-7-3-5-15(12-24)20-10-16-11-21-19(26-16)17-6-4-8-25-17/h4,6,8-9,11,13,15,20H,2-3,5,7,10,12H2,1H3. The Labute approximate surface area is 157 Å². The zero-order chi connectivity index (χ0) is 17.8. The molecule has 1 saturated heterocycles. The monoisotopic (exact) mass is 369 g/mol. The van der Waals surface area contributed by atoms with Crippen LogP contribution in [0.1, 0.15) is 30.3 Å². The summed E-state index contributed by atoms with van der Waals surface area (Å²) < 4.78 is 5.42. The maximum Gasteiger partial charge on any atom is 0.162 e. The summed E-state index contributed by atoms with van der Waals surface area (Å²) in [5.41, 5.74) is 1.10. The van der Waals surface area contributed by atoms with Crippen molar-refractivity contribution < 1.29 is 4.42 Å². The topological polar surface area (TPSA) is 67.1 Å². The second-order valence-electron chi connectivity index (χ2n) is 6.50. The number of piperidine rings is 1. The van der Waals surface area contributed by atoms with Crippen LogP contribution in [-0.2, 0) is 13.0 Å². The fraction of sp³-hybridized carbons (Fsp3) is 0.421. The van der Waals surface area contributed by atoms with Gasteiger partial charge in [-0.05, 0) is 31.4 Å². The lowest BCUT2D eigenvalue weighted by Crippen LogP contribution is -2.45. The smallest absolute Gasteiger partial charge is 0.162 e. The van der Waals surface area contributed by atoms with Crippen LogP contribution in [0.2, 0.25) is 0 Å². The molecule has 0 radical (unpaired) electrons. The number of hydrogen-bond donors (Lipinski definition) is 1. The van der Waals surface area contributed by atoms with Gasteiger partial charge in [0.15, 0.2) is 10.8 Å². The van der Waals surface area contributed by atoms with Gasteiger partial charge in [-0.25, -0.2) is 15.0 Å². The van der Waals surface area contributed by atoms with E-state index in [1.807, 2.05) is 18.3 Å². The Morgan fingerprint density at radius 2 is 2.31 bits per heavy atom. The summed E-state index contributed by atoms with van der Waals surface area (Å²) in [7, 11) is 0. The summed E-state index contributed by atoms with van der Waals surface area (Å²) in [6.07, 6.45) is 8.60. The highest BCUT2D eigenvalue weighted by atomic mass is 32.1. The van der Waals surface area contributed by atoms with Crippen LogP contribution in [0.5, 0.6) is 0 Å². The number of anilines is 1. The summed E-state index contributed by atoms with van der Waals surface area (Å²) in [6, 6.07) is 6.41. The molecule has 4 rings (SSSR count). The molecule has 6 nitrogen and oxygen atoms in total. The fourth-order valence-corrected chi connectivity index (χ4v) is 4.08. The maximum absolute atomic E-state index is 5.42. The molecule has 1 N–H and O–H groups in total. The molecular weight excluding hydrogens is 346 g/mol. The average molecular weight is 369 g/mol. The third kappa shape index (κ3) is 3.94. The van der Waals surface area contributed by atoms with Crippen LogP contribution in [0.15, 0.2) is 41.4 Å². The van der Waals surface area contributed by atoms with Gasteiger partial charge in [-0.2, -0.15) is 0 Å². The molecule has 0 aliphatic carbocycles. The van der Waals surface area contributed by atoms with Crippen molar-refractivity contribution >= 4 is 17.2 Å². The van der Waals surface area contributed by atoms with E-state index in [1.54, 1.807) is 23.9 Å². The Morgan fingerprint density at radius 3 is 3.15 bits per heavy atom. The molecule has 3 aromatic heterocycles. The van der Waals surface area contributed by atoms with Gasteiger partial charge in [0.1, 0.15) is 12.1 Å². The first-order chi connectivity index (χ1) is 12.8. The fourth-order valence-electron chi connectivity index (χ4n) is 3.25. The van der Waals surface area contributed by atoms with E-state index in [-0.39, 0.29) is 0 Å². The highest BCUT2D eigenvalue weighted by Gasteiger charge is 2.21. The zero-order valence-corrected chi connectivity index (χ0v) is 15.7. The van der Waals surface area contributed by atoms with E-state index in [4.69, 9.17) is 4.42 Å². The van der Waals surface area contributed by atoms with Crippen LogP contribution in [0.4, 0.5) is 5.82 Å². The maximum atomic E-state index is 5.42. The van der Waals surface area contributed by atoms with E-state index in [1.165, 1.54) is 17.7 Å². The average Bonchev–Trinajstić information content (AvgIpc) is 3.38. The van der Waals surface area contributed by atoms with E-state index >= 15 is 0 Å². The van der Waals surface area contributed by atoms with Gasteiger partial charge in [-0.3, -0.25) is 0 Å². The highest BCUT2D eigenvalue weighted by molar-refractivity contribution is 7.14. The third-order valence-corrected chi connectivity index (χ3v) is 5.68. The van der Waals surface area contributed by atoms with Crippen LogP contribution in [0.25, 0.3) is 10.8 Å². The molecule has 7 heteroatoms. The number of nitrogens with one attached hydrogen (secondary N) is 1. The number of nitrogens with zero attached hydrogens (tertiary/aromatic N) is 4. The second kappa shape index (κ2) is 7.97. The van der Waals surface area contributed by atoms with Gasteiger partial charge >= 0.3 is 0 Å². The Hall–Kier alpha value is -2.25. The predicted molar refractivity (Wildman–Crippen MR) is 103 cm³/mol. The molecule has 1 aliphatic rings.